The Morgan fingerprint density at radius 1 is 1.36 bits per heavy atom. The molecule has 0 radical (unpaired) electrons. The molecule has 2 aromatic rings. The fourth-order valence-electron chi connectivity index (χ4n) is 1.98. The largest absolute Gasteiger partial charge is 0.495 e. The minimum Gasteiger partial charge on any atom is -0.495 e. The van der Waals surface area contributed by atoms with Crippen LogP contribution in [0.25, 0.3) is 0 Å². The van der Waals surface area contributed by atoms with E-state index < -0.39 is 15.6 Å². The number of aliphatic hydroxyl groups is 1. The highest BCUT2D eigenvalue weighted by atomic mass is 32.2. The van der Waals surface area contributed by atoms with Gasteiger partial charge in [0.1, 0.15) is 16.2 Å². The summed E-state index contributed by atoms with van der Waals surface area (Å²) in [6, 6.07) is 8.51. The summed E-state index contributed by atoms with van der Waals surface area (Å²) in [7, 11) is -2.36. The van der Waals surface area contributed by atoms with Crippen molar-refractivity contribution in [2.24, 2.45) is 0 Å². The molecule has 1 aromatic carbocycles. The highest BCUT2D eigenvalue weighted by Crippen LogP contribution is 2.27. The molecule has 5 nitrogen and oxygen atoms in total. The van der Waals surface area contributed by atoms with E-state index in [1.165, 1.54) is 18.4 Å². The summed E-state index contributed by atoms with van der Waals surface area (Å²) in [5.74, 6) is 0.272. The second kappa shape index (κ2) is 6.37. The fraction of sp³-hybridized carbons (Fsp3) is 0.333. The minimum absolute atomic E-state index is 0.0666. The van der Waals surface area contributed by atoms with Crippen molar-refractivity contribution in [2.75, 3.05) is 13.7 Å². The molecule has 1 heterocycles. The van der Waals surface area contributed by atoms with E-state index in [9.17, 15) is 13.5 Å². The molecule has 0 aliphatic heterocycles. The van der Waals surface area contributed by atoms with Gasteiger partial charge in [0.2, 0.25) is 10.0 Å². The Morgan fingerprint density at radius 2 is 2.09 bits per heavy atom. The average molecular weight is 341 g/mol. The lowest BCUT2D eigenvalue weighted by atomic mass is 10.1. The smallest absolute Gasteiger partial charge is 0.244 e. The van der Waals surface area contributed by atoms with Gasteiger partial charge in [0, 0.05) is 11.4 Å². The topological polar surface area (TPSA) is 75.6 Å². The number of methoxy groups -OCH3 is 1. The molecule has 22 heavy (non-hydrogen) atoms. The molecular formula is C15H19NO4S2. The third-order valence-electron chi connectivity index (χ3n) is 3.27. The summed E-state index contributed by atoms with van der Waals surface area (Å²) < 4.78 is 32.5. The van der Waals surface area contributed by atoms with E-state index in [4.69, 9.17) is 4.74 Å². The van der Waals surface area contributed by atoms with Gasteiger partial charge in [-0.25, -0.2) is 13.1 Å². The molecule has 120 valence electrons. The first-order valence-electron chi connectivity index (χ1n) is 6.67. The van der Waals surface area contributed by atoms with E-state index in [0.717, 1.165) is 5.56 Å². The average Bonchev–Trinajstić information content (AvgIpc) is 3.00. The van der Waals surface area contributed by atoms with Crippen molar-refractivity contribution < 1.29 is 18.3 Å². The molecule has 0 amide bonds. The van der Waals surface area contributed by atoms with Crippen LogP contribution in [0.3, 0.4) is 0 Å². The Labute approximate surface area is 134 Å². The first-order valence-corrected chi connectivity index (χ1v) is 9.03. The van der Waals surface area contributed by atoms with Crippen LogP contribution in [-0.2, 0) is 15.6 Å². The number of rotatable bonds is 6. The molecule has 0 unspecified atom stereocenters. The van der Waals surface area contributed by atoms with Crippen LogP contribution in [0, 0.1) is 6.92 Å². The standard InChI is InChI=1S/C15H19NO4S2/c1-11-6-7-12(20-3)13(9-11)22(18,19)16-10-15(2,17)14-5-4-8-21-14/h4-9,16-17H,10H2,1-3H3/t15-/m1/s1. The van der Waals surface area contributed by atoms with E-state index in [-0.39, 0.29) is 17.2 Å². The maximum Gasteiger partial charge on any atom is 0.244 e. The first-order chi connectivity index (χ1) is 10.3. The number of sulfonamides is 1. The third-order valence-corrected chi connectivity index (χ3v) is 5.81. The molecule has 1 aromatic heterocycles. The van der Waals surface area contributed by atoms with Crippen LogP contribution in [0.5, 0.6) is 5.75 Å². The summed E-state index contributed by atoms with van der Waals surface area (Å²) in [6.45, 7) is 3.27. The van der Waals surface area contributed by atoms with Crippen LogP contribution in [0.4, 0.5) is 0 Å². The second-order valence-corrected chi connectivity index (χ2v) is 7.91. The lowest BCUT2D eigenvalue weighted by Crippen LogP contribution is -2.38. The van der Waals surface area contributed by atoms with Crippen molar-refractivity contribution in [1.29, 1.82) is 0 Å². The normalized spacial score (nSPS) is 14.5. The highest BCUT2D eigenvalue weighted by Gasteiger charge is 2.28. The van der Waals surface area contributed by atoms with Gasteiger partial charge in [0.05, 0.1) is 7.11 Å². The van der Waals surface area contributed by atoms with Crippen LogP contribution in [0.2, 0.25) is 0 Å². The van der Waals surface area contributed by atoms with Crippen LogP contribution in [0.1, 0.15) is 17.4 Å². The van der Waals surface area contributed by atoms with Crippen LogP contribution >= 0.6 is 11.3 Å². The number of ether oxygens (including phenoxy) is 1. The molecular weight excluding hydrogens is 322 g/mol. The van der Waals surface area contributed by atoms with Gasteiger partial charge >= 0.3 is 0 Å². The molecule has 0 spiro atoms. The van der Waals surface area contributed by atoms with Crippen molar-refractivity contribution in [1.82, 2.24) is 4.72 Å². The Balaban J connectivity index is 2.24. The molecule has 0 aliphatic carbocycles. The van der Waals surface area contributed by atoms with Crippen molar-refractivity contribution >= 4 is 21.4 Å². The Morgan fingerprint density at radius 3 is 2.68 bits per heavy atom. The second-order valence-electron chi connectivity index (χ2n) is 5.23. The number of aryl methyl sites for hydroxylation is 1. The zero-order valence-electron chi connectivity index (χ0n) is 12.7. The number of thiophene rings is 1. The monoisotopic (exact) mass is 341 g/mol. The number of benzene rings is 1. The summed E-state index contributed by atoms with van der Waals surface area (Å²) in [5, 5.41) is 12.3. The van der Waals surface area contributed by atoms with Crippen molar-refractivity contribution in [3.63, 3.8) is 0 Å². The van der Waals surface area contributed by atoms with Gasteiger partial charge in [0.15, 0.2) is 0 Å². The van der Waals surface area contributed by atoms with Crippen LogP contribution in [-0.4, -0.2) is 27.2 Å². The quantitative estimate of drug-likeness (QED) is 0.845. The number of hydrogen-bond donors (Lipinski definition) is 2. The van der Waals surface area contributed by atoms with Gasteiger partial charge in [0.25, 0.3) is 0 Å². The number of hydrogen-bond acceptors (Lipinski definition) is 5. The van der Waals surface area contributed by atoms with Gasteiger partial charge in [-0.3, -0.25) is 0 Å². The van der Waals surface area contributed by atoms with Crippen molar-refractivity contribution in [3.05, 3.63) is 46.2 Å². The fourth-order valence-corrected chi connectivity index (χ4v) is 4.15. The maximum absolute atomic E-state index is 12.5. The molecule has 0 fully saturated rings. The predicted octanol–water partition coefficient (Wildman–Crippen LogP) is 2.25. The summed E-state index contributed by atoms with van der Waals surface area (Å²) in [4.78, 5) is 0.767. The minimum atomic E-state index is -3.78. The van der Waals surface area contributed by atoms with E-state index in [1.807, 2.05) is 11.4 Å². The SMILES string of the molecule is COc1ccc(C)cc1S(=O)(=O)NC[C@@](C)(O)c1cccs1. The molecule has 0 saturated carbocycles. The molecule has 1 atom stereocenters. The zero-order valence-corrected chi connectivity index (χ0v) is 14.3. The van der Waals surface area contributed by atoms with Crippen molar-refractivity contribution in [3.8, 4) is 5.75 Å². The number of nitrogens with one attached hydrogen (secondary N) is 1. The van der Waals surface area contributed by atoms with Gasteiger partial charge in [-0.05, 0) is 43.0 Å². The molecule has 0 bridgehead atoms. The Hall–Kier alpha value is -1.41. The molecule has 0 saturated heterocycles. The van der Waals surface area contributed by atoms with E-state index in [1.54, 1.807) is 38.1 Å². The predicted molar refractivity (Wildman–Crippen MR) is 86.8 cm³/mol. The van der Waals surface area contributed by atoms with Crippen LogP contribution in [0.15, 0.2) is 40.6 Å². The van der Waals surface area contributed by atoms with E-state index >= 15 is 0 Å². The van der Waals surface area contributed by atoms with Gasteiger partial charge in [-0.15, -0.1) is 11.3 Å². The van der Waals surface area contributed by atoms with Crippen LogP contribution < -0.4 is 9.46 Å². The van der Waals surface area contributed by atoms with E-state index in [0.29, 0.717) is 4.88 Å². The van der Waals surface area contributed by atoms with E-state index in [2.05, 4.69) is 4.72 Å². The Bertz CT molecular complexity index is 737. The summed E-state index contributed by atoms with van der Waals surface area (Å²) >= 11 is 1.38. The third kappa shape index (κ3) is 3.67. The van der Waals surface area contributed by atoms with Gasteiger partial charge < -0.3 is 9.84 Å². The molecule has 2 rings (SSSR count). The lowest BCUT2D eigenvalue weighted by Gasteiger charge is -2.22. The first kappa shape index (κ1) is 17.0. The highest BCUT2D eigenvalue weighted by molar-refractivity contribution is 7.89. The van der Waals surface area contributed by atoms with Gasteiger partial charge in [-0.1, -0.05) is 12.1 Å². The molecule has 2 N–H and O–H groups in total. The molecule has 0 aliphatic rings. The zero-order chi connectivity index (χ0) is 16.4. The van der Waals surface area contributed by atoms with Gasteiger partial charge in [-0.2, -0.15) is 0 Å². The summed E-state index contributed by atoms with van der Waals surface area (Å²) in [6.07, 6.45) is 0. The summed E-state index contributed by atoms with van der Waals surface area (Å²) in [5.41, 5.74) is -0.454. The maximum atomic E-state index is 12.5. The Kier molecular flexibility index (Phi) is 4.91. The van der Waals surface area contributed by atoms with Crippen molar-refractivity contribution in [2.45, 2.75) is 24.3 Å². The lowest BCUT2D eigenvalue weighted by molar-refractivity contribution is 0.0666. The molecule has 7 heteroatoms.